The molecule has 3 aliphatic rings. The van der Waals surface area contributed by atoms with Gasteiger partial charge in [0.25, 0.3) is 0 Å². The summed E-state index contributed by atoms with van der Waals surface area (Å²) in [5.74, 6) is -1.85. The van der Waals surface area contributed by atoms with E-state index in [0.29, 0.717) is 11.7 Å². The number of ketones is 1. The summed E-state index contributed by atoms with van der Waals surface area (Å²) in [6, 6.07) is 15.4. The number of carbonyl (C=O) groups is 2. The van der Waals surface area contributed by atoms with Crippen molar-refractivity contribution in [2.24, 2.45) is 0 Å². The van der Waals surface area contributed by atoms with Crippen LogP contribution in [0.3, 0.4) is 0 Å². The van der Waals surface area contributed by atoms with Crippen LogP contribution in [0.1, 0.15) is 66.2 Å². The van der Waals surface area contributed by atoms with Gasteiger partial charge in [-0.2, -0.15) is 18.4 Å². The number of alkyl halides is 3. The molecule has 16 heteroatoms. The van der Waals surface area contributed by atoms with E-state index in [2.05, 4.69) is 9.88 Å². The first-order valence-corrected chi connectivity index (χ1v) is 17.5. The molecule has 3 aromatic rings. The Bertz CT molecular complexity index is 1940. The Kier molecular flexibility index (Phi) is 12.0. The number of nitrogens with zero attached hydrogens (tertiary/aromatic N) is 5. The van der Waals surface area contributed by atoms with Crippen molar-refractivity contribution in [2.45, 2.75) is 69.5 Å². The third-order valence-corrected chi connectivity index (χ3v) is 9.64. The van der Waals surface area contributed by atoms with Crippen LogP contribution in [0.2, 0.25) is 5.15 Å². The lowest BCUT2D eigenvalue weighted by atomic mass is 9.73. The zero-order valence-corrected chi connectivity index (χ0v) is 30.8. The normalized spacial score (nSPS) is 18.9. The minimum absolute atomic E-state index is 0.0104. The molecule has 1 unspecified atom stereocenters. The van der Waals surface area contributed by atoms with Gasteiger partial charge in [-0.15, -0.1) is 0 Å². The van der Waals surface area contributed by atoms with Gasteiger partial charge in [0.05, 0.1) is 23.2 Å². The number of ether oxygens (including phenoxy) is 3. The fourth-order valence-electron chi connectivity index (χ4n) is 6.66. The van der Waals surface area contributed by atoms with Gasteiger partial charge in [-0.1, -0.05) is 80.9 Å². The molecule has 4 heterocycles. The number of carbonyl (C=O) groups excluding carboxylic acids is 2. The highest BCUT2D eigenvalue weighted by Gasteiger charge is 2.53. The SMILES string of the molecule is COCCOC(=O)C(C#N)(C(=O)c1ccccc1C(F)(F)F)c1ccc(C(C)(C)C)cc1.O=[N+]([O-])C1=C2N(Cc3ccc(Cl)nc3)CCN2[C@@H]2CC[C@H]1O2. The number of hydrogen-bond donors (Lipinski definition) is 0. The lowest BCUT2D eigenvalue weighted by Gasteiger charge is -2.32. The maximum absolute atomic E-state index is 13.6. The number of fused-ring (bicyclic) bond motifs is 4. The van der Waals surface area contributed by atoms with Crippen LogP contribution in [0, 0.1) is 21.4 Å². The molecule has 54 heavy (non-hydrogen) atoms. The van der Waals surface area contributed by atoms with Crippen molar-refractivity contribution in [1.29, 1.82) is 5.26 Å². The van der Waals surface area contributed by atoms with Crippen LogP contribution in [-0.2, 0) is 42.6 Å². The van der Waals surface area contributed by atoms with Gasteiger partial charge in [0.2, 0.25) is 5.41 Å². The molecule has 0 radical (unpaired) electrons. The van der Waals surface area contributed by atoms with Gasteiger partial charge in [0.15, 0.2) is 17.7 Å². The second-order valence-corrected chi connectivity index (χ2v) is 14.3. The highest BCUT2D eigenvalue weighted by atomic mass is 35.5. The fraction of sp³-hybridized carbons (Fsp3) is 0.421. The van der Waals surface area contributed by atoms with E-state index >= 15 is 0 Å². The zero-order valence-electron chi connectivity index (χ0n) is 30.1. The van der Waals surface area contributed by atoms with E-state index in [1.165, 1.54) is 25.3 Å². The lowest BCUT2D eigenvalue weighted by Crippen LogP contribution is -2.45. The zero-order chi connectivity index (χ0) is 39.4. The molecule has 2 bridgehead atoms. The van der Waals surface area contributed by atoms with Crippen molar-refractivity contribution in [3.05, 3.63) is 121 Å². The first-order valence-electron chi connectivity index (χ1n) is 17.1. The maximum atomic E-state index is 13.6. The largest absolute Gasteiger partial charge is 0.461 e. The molecule has 0 saturated carbocycles. The number of hydrogen-bond acceptors (Lipinski definition) is 11. The Hall–Kier alpha value is -5.04. The molecule has 3 aliphatic heterocycles. The van der Waals surface area contributed by atoms with Crippen LogP contribution in [0.5, 0.6) is 0 Å². The molecule has 0 N–H and O–H groups in total. The molecular weight excluding hydrogens is 731 g/mol. The van der Waals surface area contributed by atoms with E-state index in [-0.39, 0.29) is 47.1 Å². The van der Waals surface area contributed by atoms with E-state index in [1.54, 1.807) is 30.5 Å². The van der Waals surface area contributed by atoms with Crippen LogP contribution < -0.4 is 0 Å². The van der Waals surface area contributed by atoms with Crippen molar-refractivity contribution in [3.8, 4) is 6.07 Å². The molecule has 2 fully saturated rings. The number of esters is 1. The number of Topliss-reactive ketones (excluding diaryl/α,β-unsaturated/α-hetero) is 1. The molecule has 1 aromatic heterocycles. The van der Waals surface area contributed by atoms with Crippen molar-refractivity contribution < 1.29 is 41.9 Å². The Labute approximate surface area is 315 Å². The first-order chi connectivity index (χ1) is 25.5. The second-order valence-electron chi connectivity index (χ2n) is 13.9. The summed E-state index contributed by atoms with van der Waals surface area (Å²) < 4.78 is 56.4. The van der Waals surface area contributed by atoms with Gasteiger partial charge in [0, 0.05) is 38.5 Å². The van der Waals surface area contributed by atoms with Gasteiger partial charge >= 0.3 is 17.8 Å². The second kappa shape index (κ2) is 16.1. The molecule has 286 valence electrons. The number of nitro groups is 1. The smallest absolute Gasteiger partial charge is 0.417 e. The fourth-order valence-corrected chi connectivity index (χ4v) is 6.77. The van der Waals surface area contributed by atoms with Crippen LogP contribution >= 0.6 is 11.6 Å². The first kappa shape index (κ1) is 40.2. The lowest BCUT2D eigenvalue weighted by molar-refractivity contribution is -0.443. The van der Waals surface area contributed by atoms with E-state index in [4.69, 9.17) is 25.8 Å². The van der Waals surface area contributed by atoms with Crippen LogP contribution in [0.15, 0.2) is 78.4 Å². The monoisotopic (exact) mass is 769 g/mol. The molecule has 6 rings (SSSR count). The number of pyridine rings is 1. The summed E-state index contributed by atoms with van der Waals surface area (Å²) >= 11 is 5.80. The average Bonchev–Trinajstić information content (AvgIpc) is 3.75. The quantitative estimate of drug-likeness (QED) is 0.0415. The van der Waals surface area contributed by atoms with Gasteiger partial charge in [-0.05, 0) is 47.1 Å². The Morgan fingerprint density at radius 3 is 2.31 bits per heavy atom. The Balaban J connectivity index is 0.000000221. The number of aromatic nitrogens is 1. The number of methoxy groups -OCH3 is 1. The van der Waals surface area contributed by atoms with Crippen molar-refractivity contribution in [1.82, 2.24) is 14.8 Å². The van der Waals surface area contributed by atoms with Crippen molar-refractivity contribution in [2.75, 3.05) is 33.4 Å². The van der Waals surface area contributed by atoms with Crippen LogP contribution in [0.4, 0.5) is 13.2 Å². The van der Waals surface area contributed by atoms with E-state index in [9.17, 15) is 38.1 Å². The summed E-state index contributed by atoms with van der Waals surface area (Å²) in [6.45, 7) is 7.66. The Morgan fingerprint density at radius 2 is 1.72 bits per heavy atom. The van der Waals surface area contributed by atoms with E-state index < -0.39 is 34.5 Å². The molecule has 2 aromatic carbocycles. The number of nitriles is 1. The Morgan fingerprint density at radius 1 is 1.04 bits per heavy atom. The summed E-state index contributed by atoms with van der Waals surface area (Å²) in [4.78, 5) is 45.9. The minimum Gasteiger partial charge on any atom is -0.461 e. The molecule has 2 saturated heterocycles. The molecule has 0 amide bonds. The standard InChI is InChI=1S/C24H24F3NO4.C14H15ClN4O3/c1-22(2,3)16-9-11-17(12-10-16)23(15-28,21(30)32-14-13-31-4)20(29)18-7-5-6-8-19(18)24(25,26)27;15-11-3-1-9(7-16-11)8-17-5-6-18-12-4-2-10(22-12)13(14(17)18)19(20)21/h5-12H,13-14H2,1-4H3;1,3,7,10,12H,2,4-6,8H2/t;10-,12+/m.1/s1. The van der Waals surface area contributed by atoms with Crippen LogP contribution in [-0.4, -0.2) is 77.2 Å². The van der Waals surface area contributed by atoms with Gasteiger partial charge in [0.1, 0.15) is 18.0 Å². The molecule has 0 spiro atoms. The predicted octanol–water partition coefficient (Wildman–Crippen LogP) is 6.65. The minimum atomic E-state index is -4.86. The third kappa shape index (κ3) is 8.20. The molecule has 12 nitrogen and oxygen atoms in total. The van der Waals surface area contributed by atoms with E-state index in [0.717, 1.165) is 61.1 Å². The van der Waals surface area contributed by atoms with Gasteiger partial charge in [-0.3, -0.25) is 14.9 Å². The highest BCUT2D eigenvalue weighted by molar-refractivity contribution is 6.29. The summed E-state index contributed by atoms with van der Waals surface area (Å²) in [5.41, 5.74) is -2.94. The number of rotatable bonds is 10. The summed E-state index contributed by atoms with van der Waals surface area (Å²) in [7, 11) is 1.36. The third-order valence-electron chi connectivity index (χ3n) is 9.42. The highest BCUT2D eigenvalue weighted by Crippen LogP contribution is 2.41. The topological polar surface area (TPSA) is 148 Å². The molecule has 0 aliphatic carbocycles. The van der Waals surface area contributed by atoms with Crippen LogP contribution in [0.25, 0.3) is 0 Å². The van der Waals surface area contributed by atoms with E-state index in [1.807, 2.05) is 31.7 Å². The van der Waals surface area contributed by atoms with Gasteiger partial charge < -0.3 is 24.0 Å². The molecule has 3 atom stereocenters. The summed E-state index contributed by atoms with van der Waals surface area (Å²) in [6.07, 6.45) is -1.97. The maximum Gasteiger partial charge on any atom is 0.417 e. The average molecular weight is 770 g/mol. The van der Waals surface area contributed by atoms with Gasteiger partial charge in [-0.25, -0.2) is 9.78 Å². The number of halogens is 4. The summed E-state index contributed by atoms with van der Waals surface area (Å²) in [5, 5.41) is 22.0. The van der Waals surface area contributed by atoms with Crippen molar-refractivity contribution >= 4 is 23.4 Å². The molecular formula is C38H39ClF3N5O7. The number of benzene rings is 2. The van der Waals surface area contributed by atoms with Crippen molar-refractivity contribution in [3.63, 3.8) is 0 Å². The predicted molar refractivity (Wildman–Crippen MR) is 189 cm³/mol.